The third-order valence-corrected chi connectivity index (χ3v) is 4.80. The van der Waals surface area contributed by atoms with E-state index in [4.69, 9.17) is 0 Å². The van der Waals surface area contributed by atoms with Crippen LogP contribution >= 0.6 is 0 Å². The Morgan fingerprint density at radius 1 is 1.30 bits per heavy atom. The molecule has 2 amide bonds. The molecule has 2 heterocycles. The van der Waals surface area contributed by atoms with Crippen LogP contribution in [0.5, 0.6) is 0 Å². The number of nitrogens with one attached hydrogen (secondary N) is 2. The van der Waals surface area contributed by atoms with E-state index in [0.29, 0.717) is 6.54 Å². The lowest BCUT2D eigenvalue weighted by Gasteiger charge is -2.30. The minimum atomic E-state index is -0.770. The van der Waals surface area contributed by atoms with Crippen molar-refractivity contribution in [3.05, 3.63) is 41.7 Å². The number of nitrogens with zero attached hydrogens (tertiary/aromatic N) is 3. The molecule has 8 nitrogen and oxygen atoms in total. The lowest BCUT2D eigenvalue weighted by atomic mass is 9.96. The van der Waals surface area contributed by atoms with Crippen LogP contribution in [0.25, 0.3) is 0 Å². The number of carbonyl (C=O) groups is 2. The number of amides is 2. The summed E-state index contributed by atoms with van der Waals surface area (Å²) in [6, 6.07) is 7.87. The van der Waals surface area contributed by atoms with Crippen LogP contribution in [0.3, 0.4) is 0 Å². The molecule has 1 aliphatic rings. The fourth-order valence-electron chi connectivity index (χ4n) is 3.33. The van der Waals surface area contributed by atoms with Crippen molar-refractivity contribution < 1.29 is 14.1 Å². The van der Waals surface area contributed by atoms with Crippen LogP contribution in [-0.4, -0.2) is 56.1 Å². The molecular weight excluding hydrogens is 346 g/mol. The Balaban J connectivity index is 1.66. The van der Waals surface area contributed by atoms with Crippen LogP contribution in [0.2, 0.25) is 0 Å². The molecule has 0 saturated heterocycles. The van der Waals surface area contributed by atoms with Gasteiger partial charge in [0.25, 0.3) is 0 Å². The average Bonchev–Trinajstić information content (AvgIpc) is 3.14. The zero-order chi connectivity index (χ0) is 19.4. The minimum absolute atomic E-state index is 0.0358. The number of likely N-dealkylation sites (N-methyl/N-ethyl adjacent to an activating group) is 1. The van der Waals surface area contributed by atoms with Gasteiger partial charge in [-0.15, -0.1) is 0 Å². The molecule has 0 spiro atoms. The van der Waals surface area contributed by atoms with Crippen LogP contribution in [0.15, 0.2) is 35.1 Å². The van der Waals surface area contributed by atoms with Crippen LogP contribution in [-0.2, 0) is 16.0 Å². The minimum Gasteiger partial charge on any atom is -0.374 e. The number of anilines is 2. The molecule has 0 saturated carbocycles. The Labute approximate surface area is 158 Å². The van der Waals surface area contributed by atoms with E-state index in [2.05, 4.69) is 50.5 Å². The van der Waals surface area contributed by atoms with Gasteiger partial charge in [0.15, 0.2) is 5.82 Å². The zero-order valence-corrected chi connectivity index (χ0v) is 15.9. The summed E-state index contributed by atoms with van der Waals surface area (Å²) in [7, 11) is 6.02. The van der Waals surface area contributed by atoms with Crippen molar-refractivity contribution in [2.45, 2.75) is 18.9 Å². The number of hydrogen-bond acceptors (Lipinski definition) is 6. The second kappa shape index (κ2) is 8.22. The number of fused-ring (bicyclic) bond motifs is 1. The topological polar surface area (TPSA) is 90.7 Å². The molecule has 0 aliphatic carbocycles. The SMILES string of the molecule is CN1CCCc2cc([C@H](CNC(=O)C(=O)Nc3ccon3)N(C)C)ccc21. The van der Waals surface area contributed by atoms with Gasteiger partial charge in [-0.05, 0) is 44.1 Å². The van der Waals surface area contributed by atoms with Crippen molar-refractivity contribution in [1.29, 1.82) is 0 Å². The van der Waals surface area contributed by atoms with Gasteiger partial charge in [-0.25, -0.2) is 0 Å². The van der Waals surface area contributed by atoms with Crippen molar-refractivity contribution in [2.24, 2.45) is 0 Å². The molecule has 0 radical (unpaired) electrons. The van der Waals surface area contributed by atoms with E-state index in [0.717, 1.165) is 24.9 Å². The Morgan fingerprint density at radius 3 is 2.81 bits per heavy atom. The molecule has 2 N–H and O–H groups in total. The highest BCUT2D eigenvalue weighted by molar-refractivity contribution is 6.39. The van der Waals surface area contributed by atoms with E-state index in [1.54, 1.807) is 0 Å². The summed E-state index contributed by atoms with van der Waals surface area (Å²) in [5.41, 5.74) is 3.70. The molecule has 1 aromatic heterocycles. The molecule has 0 fully saturated rings. The summed E-state index contributed by atoms with van der Waals surface area (Å²) in [6.45, 7) is 1.40. The molecule has 2 aromatic rings. The quantitative estimate of drug-likeness (QED) is 0.773. The molecular formula is C19H25N5O3. The highest BCUT2D eigenvalue weighted by Gasteiger charge is 2.21. The Morgan fingerprint density at radius 2 is 2.11 bits per heavy atom. The normalized spacial score (nSPS) is 14.6. The first-order chi connectivity index (χ1) is 13.0. The standard InChI is InChI=1S/C19H25N5O3/c1-23(2)16(12-20-18(25)19(26)21-17-8-10-27-22-17)14-6-7-15-13(11-14)5-4-9-24(15)3/h6-8,10-11,16H,4-5,9,12H2,1-3H3,(H,20,25)(H,21,22,26)/t16-/m0/s1. The highest BCUT2D eigenvalue weighted by atomic mass is 16.5. The maximum absolute atomic E-state index is 12.1. The van der Waals surface area contributed by atoms with Crippen molar-refractivity contribution in [3.63, 3.8) is 0 Å². The van der Waals surface area contributed by atoms with Crippen molar-refractivity contribution in [2.75, 3.05) is 44.4 Å². The average molecular weight is 371 g/mol. The fourth-order valence-corrected chi connectivity index (χ4v) is 3.33. The van der Waals surface area contributed by atoms with Gasteiger partial charge in [0.1, 0.15) is 6.26 Å². The first-order valence-corrected chi connectivity index (χ1v) is 8.95. The van der Waals surface area contributed by atoms with Crippen LogP contribution in [0.4, 0.5) is 11.5 Å². The third-order valence-electron chi connectivity index (χ3n) is 4.80. The van der Waals surface area contributed by atoms with Crippen LogP contribution in [0.1, 0.15) is 23.6 Å². The van der Waals surface area contributed by atoms with E-state index in [9.17, 15) is 9.59 Å². The molecule has 0 bridgehead atoms. The second-order valence-corrected chi connectivity index (χ2v) is 6.94. The number of benzene rings is 1. The Hall–Kier alpha value is -2.87. The molecule has 8 heteroatoms. The van der Waals surface area contributed by atoms with E-state index in [-0.39, 0.29) is 11.9 Å². The summed E-state index contributed by atoms with van der Waals surface area (Å²) in [5.74, 6) is -1.27. The van der Waals surface area contributed by atoms with Gasteiger partial charge in [0, 0.05) is 31.9 Å². The Kier molecular flexibility index (Phi) is 5.75. The van der Waals surface area contributed by atoms with Gasteiger partial charge in [0.2, 0.25) is 0 Å². The number of rotatable bonds is 5. The molecule has 144 valence electrons. The predicted octanol–water partition coefficient (Wildman–Crippen LogP) is 1.41. The monoisotopic (exact) mass is 371 g/mol. The number of aryl methyl sites for hydroxylation is 1. The summed E-state index contributed by atoms with van der Waals surface area (Å²) in [4.78, 5) is 28.3. The van der Waals surface area contributed by atoms with Crippen molar-refractivity contribution >= 4 is 23.3 Å². The van der Waals surface area contributed by atoms with Gasteiger partial charge in [0.05, 0.1) is 6.04 Å². The largest absolute Gasteiger partial charge is 0.374 e. The molecule has 1 aliphatic heterocycles. The summed E-state index contributed by atoms with van der Waals surface area (Å²) in [5, 5.41) is 8.64. The van der Waals surface area contributed by atoms with Crippen molar-refractivity contribution in [3.8, 4) is 0 Å². The van der Waals surface area contributed by atoms with E-state index >= 15 is 0 Å². The first-order valence-electron chi connectivity index (χ1n) is 8.95. The van der Waals surface area contributed by atoms with E-state index in [1.165, 1.54) is 23.6 Å². The number of hydrogen-bond donors (Lipinski definition) is 2. The summed E-state index contributed by atoms with van der Waals surface area (Å²) >= 11 is 0. The second-order valence-electron chi connectivity index (χ2n) is 6.94. The van der Waals surface area contributed by atoms with Gasteiger partial charge in [-0.1, -0.05) is 17.3 Å². The highest BCUT2D eigenvalue weighted by Crippen LogP contribution is 2.29. The smallest absolute Gasteiger partial charge is 0.314 e. The van der Waals surface area contributed by atoms with Gasteiger partial charge >= 0.3 is 11.8 Å². The van der Waals surface area contributed by atoms with Crippen LogP contribution in [0, 0.1) is 0 Å². The maximum Gasteiger partial charge on any atom is 0.314 e. The first kappa shape index (κ1) is 18.9. The van der Waals surface area contributed by atoms with E-state index in [1.807, 2.05) is 19.0 Å². The molecule has 1 atom stereocenters. The van der Waals surface area contributed by atoms with E-state index < -0.39 is 11.8 Å². The van der Waals surface area contributed by atoms with Crippen molar-refractivity contribution in [1.82, 2.24) is 15.4 Å². The van der Waals surface area contributed by atoms with Gasteiger partial charge in [-0.3, -0.25) is 14.9 Å². The lowest BCUT2D eigenvalue weighted by Crippen LogP contribution is -2.40. The molecule has 27 heavy (non-hydrogen) atoms. The van der Waals surface area contributed by atoms with Gasteiger partial charge < -0.3 is 19.6 Å². The molecule has 3 rings (SSSR count). The van der Waals surface area contributed by atoms with Gasteiger partial charge in [-0.2, -0.15) is 0 Å². The summed E-state index contributed by atoms with van der Waals surface area (Å²) in [6.07, 6.45) is 3.52. The number of carbonyl (C=O) groups excluding carboxylic acids is 2. The molecule has 1 aromatic carbocycles. The maximum atomic E-state index is 12.1. The third kappa shape index (κ3) is 4.46. The lowest BCUT2D eigenvalue weighted by molar-refractivity contribution is -0.136. The summed E-state index contributed by atoms with van der Waals surface area (Å²) < 4.78 is 4.63. The predicted molar refractivity (Wildman–Crippen MR) is 103 cm³/mol. The van der Waals surface area contributed by atoms with Crippen LogP contribution < -0.4 is 15.5 Å². The number of aromatic nitrogens is 1. The zero-order valence-electron chi connectivity index (χ0n) is 15.9. The Bertz CT molecular complexity index is 804. The molecule has 0 unspecified atom stereocenters. The fraction of sp³-hybridized carbons (Fsp3) is 0.421.